The van der Waals surface area contributed by atoms with Crippen molar-refractivity contribution in [3.05, 3.63) is 30.5 Å². The third-order valence-electron chi connectivity index (χ3n) is 5.20. The molecule has 2 aromatic rings. The predicted molar refractivity (Wildman–Crippen MR) is 103 cm³/mol. The van der Waals surface area contributed by atoms with Crippen LogP contribution in [0.15, 0.2) is 30.5 Å². The highest BCUT2D eigenvalue weighted by molar-refractivity contribution is 5.80. The molecule has 0 bridgehead atoms. The van der Waals surface area contributed by atoms with Crippen molar-refractivity contribution in [2.45, 2.75) is 31.5 Å². The quantitative estimate of drug-likeness (QED) is 0.606. The minimum Gasteiger partial charge on any atom is -0.491 e. The summed E-state index contributed by atoms with van der Waals surface area (Å²) in [5.41, 5.74) is 1.04. The lowest BCUT2D eigenvalue weighted by atomic mass is 9.96. The number of piperidine rings is 1. The second-order valence-corrected chi connectivity index (χ2v) is 7.50. The molecule has 156 valence electrons. The second-order valence-electron chi connectivity index (χ2n) is 7.50. The monoisotopic (exact) mass is 399 g/mol. The van der Waals surface area contributed by atoms with Gasteiger partial charge in [-0.15, -0.1) is 0 Å². The summed E-state index contributed by atoms with van der Waals surface area (Å²) in [5, 5.41) is 14.4. The van der Waals surface area contributed by atoms with E-state index in [9.17, 15) is 18.3 Å². The van der Waals surface area contributed by atoms with Gasteiger partial charge in [0.05, 0.1) is 6.42 Å². The minimum absolute atomic E-state index is 0.0915. The van der Waals surface area contributed by atoms with Gasteiger partial charge in [0.25, 0.3) is 0 Å². The SMILES string of the molecule is O[C@@H](CNCC1CCN(CCC(F)(F)F)CC1)COc1ccc2[nH]ccc2c1. The van der Waals surface area contributed by atoms with E-state index in [1.54, 1.807) is 0 Å². The number of ether oxygens (including phenoxy) is 1. The van der Waals surface area contributed by atoms with Gasteiger partial charge in [-0.25, -0.2) is 0 Å². The summed E-state index contributed by atoms with van der Waals surface area (Å²) in [7, 11) is 0. The molecule has 1 aromatic heterocycles. The Hall–Kier alpha value is -1.77. The number of aromatic nitrogens is 1. The lowest BCUT2D eigenvalue weighted by Gasteiger charge is -2.32. The smallest absolute Gasteiger partial charge is 0.390 e. The van der Waals surface area contributed by atoms with Gasteiger partial charge >= 0.3 is 6.18 Å². The summed E-state index contributed by atoms with van der Waals surface area (Å²) in [6.07, 6.45) is -1.80. The van der Waals surface area contributed by atoms with Crippen LogP contribution >= 0.6 is 0 Å². The number of nitrogens with zero attached hydrogens (tertiary/aromatic N) is 1. The Morgan fingerprint density at radius 2 is 2.04 bits per heavy atom. The first-order valence-corrected chi connectivity index (χ1v) is 9.77. The molecule has 0 radical (unpaired) electrons. The normalized spacial score (nSPS) is 17.9. The van der Waals surface area contributed by atoms with Crippen molar-refractivity contribution in [2.24, 2.45) is 5.92 Å². The fourth-order valence-electron chi connectivity index (χ4n) is 3.53. The van der Waals surface area contributed by atoms with E-state index in [4.69, 9.17) is 4.74 Å². The molecule has 1 aromatic carbocycles. The van der Waals surface area contributed by atoms with Gasteiger partial charge in [-0.1, -0.05) is 0 Å². The Balaban J connectivity index is 1.28. The van der Waals surface area contributed by atoms with Gasteiger partial charge in [0.15, 0.2) is 0 Å². The van der Waals surface area contributed by atoms with E-state index in [0.29, 0.717) is 25.6 Å². The zero-order valence-corrected chi connectivity index (χ0v) is 15.8. The number of nitrogens with one attached hydrogen (secondary N) is 2. The molecule has 3 rings (SSSR count). The van der Waals surface area contributed by atoms with Gasteiger partial charge < -0.3 is 25.0 Å². The number of hydrogen-bond donors (Lipinski definition) is 3. The topological polar surface area (TPSA) is 60.5 Å². The first kappa shape index (κ1) is 21.0. The molecule has 8 heteroatoms. The summed E-state index contributed by atoms with van der Waals surface area (Å²) in [6, 6.07) is 7.70. The van der Waals surface area contributed by atoms with Crippen molar-refractivity contribution in [3.63, 3.8) is 0 Å². The molecular weight excluding hydrogens is 371 g/mol. The standard InChI is InChI=1S/C20H28F3N3O2/c21-20(22,23)6-10-26-8-4-15(5-9-26)12-24-13-17(27)14-28-18-1-2-19-16(11-18)3-7-25-19/h1-3,7,11,15,17,24-25,27H,4-6,8-10,12-14H2/t17-/m0/s1. The van der Waals surface area contributed by atoms with Crippen LogP contribution < -0.4 is 10.1 Å². The maximum absolute atomic E-state index is 12.3. The third-order valence-corrected chi connectivity index (χ3v) is 5.20. The first-order valence-electron chi connectivity index (χ1n) is 9.77. The molecule has 28 heavy (non-hydrogen) atoms. The number of H-pyrrole nitrogens is 1. The van der Waals surface area contributed by atoms with Gasteiger partial charge in [-0.2, -0.15) is 13.2 Å². The summed E-state index contributed by atoms with van der Waals surface area (Å²) >= 11 is 0. The van der Waals surface area contributed by atoms with Gasteiger partial charge in [0, 0.05) is 30.2 Å². The third kappa shape index (κ3) is 6.68. The zero-order valence-electron chi connectivity index (χ0n) is 15.8. The number of halogens is 3. The highest BCUT2D eigenvalue weighted by Crippen LogP contribution is 2.23. The van der Waals surface area contributed by atoms with Crippen LogP contribution in [-0.2, 0) is 0 Å². The molecule has 3 N–H and O–H groups in total. The molecule has 1 fully saturated rings. The Morgan fingerprint density at radius 3 is 2.79 bits per heavy atom. The molecule has 1 atom stereocenters. The number of alkyl halides is 3. The summed E-state index contributed by atoms with van der Waals surface area (Å²) in [4.78, 5) is 5.00. The van der Waals surface area contributed by atoms with Crippen LogP contribution in [0, 0.1) is 5.92 Å². The number of benzene rings is 1. The minimum atomic E-state index is -4.08. The Morgan fingerprint density at radius 1 is 1.25 bits per heavy atom. The van der Waals surface area contributed by atoms with Crippen LogP contribution in [0.5, 0.6) is 5.75 Å². The summed E-state index contributed by atoms with van der Waals surface area (Å²) in [5.74, 6) is 1.16. The van der Waals surface area contributed by atoms with E-state index < -0.39 is 18.7 Å². The molecule has 0 aliphatic carbocycles. The fraction of sp³-hybridized carbons (Fsp3) is 0.600. The predicted octanol–water partition coefficient (Wildman–Crippen LogP) is 3.16. The molecule has 1 saturated heterocycles. The molecule has 0 amide bonds. The largest absolute Gasteiger partial charge is 0.491 e. The van der Waals surface area contributed by atoms with Gasteiger partial charge in [-0.3, -0.25) is 0 Å². The van der Waals surface area contributed by atoms with Gasteiger partial charge in [0.1, 0.15) is 18.5 Å². The van der Waals surface area contributed by atoms with Crippen LogP contribution in [-0.4, -0.2) is 66.6 Å². The van der Waals surface area contributed by atoms with Crippen molar-refractivity contribution in [1.82, 2.24) is 15.2 Å². The van der Waals surface area contributed by atoms with Crippen molar-refractivity contribution in [1.29, 1.82) is 0 Å². The molecule has 0 spiro atoms. The second kappa shape index (κ2) is 9.62. The van der Waals surface area contributed by atoms with Crippen LogP contribution in [0.1, 0.15) is 19.3 Å². The number of likely N-dealkylation sites (tertiary alicyclic amines) is 1. The lowest BCUT2D eigenvalue weighted by Crippen LogP contribution is -2.40. The first-order chi connectivity index (χ1) is 13.4. The number of hydrogen-bond acceptors (Lipinski definition) is 4. The number of aromatic amines is 1. The van der Waals surface area contributed by atoms with Crippen molar-refractivity contribution in [3.8, 4) is 5.75 Å². The average Bonchev–Trinajstić information content (AvgIpc) is 3.13. The average molecular weight is 399 g/mol. The molecule has 0 unspecified atom stereocenters. The summed E-state index contributed by atoms with van der Waals surface area (Å²) < 4.78 is 42.5. The van der Waals surface area contributed by atoms with Crippen LogP contribution in [0.4, 0.5) is 13.2 Å². The molecule has 1 aliphatic heterocycles. The molecule has 1 aliphatic rings. The zero-order chi connectivity index (χ0) is 20.0. The van der Waals surface area contributed by atoms with Crippen LogP contribution in [0.3, 0.4) is 0 Å². The number of rotatable bonds is 9. The number of aliphatic hydroxyl groups is 1. The van der Waals surface area contributed by atoms with Crippen LogP contribution in [0.2, 0.25) is 0 Å². The maximum Gasteiger partial charge on any atom is 0.390 e. The fourth-order valence-corrected chi connectivity index (χ4v) is 3.53. The van der Waals surface area contributed by atoms with Gasteiger partial charge in [0.2, 0.25) is 0 Å². The lowest BCUT2D eigenvalue weighted by molar-refractivity contribution is -0.138. The molecule has 0 saturated carbocycles. The maximum atomic E-state index is 12.3. The highest BCUT2D eigenvalue weighted by atomic mass is 19.4. The number of aliphatic hydroxyl groups excluding tert-OH is 1. The Bertz CT molecular complexity index is 727. The van der Waals surface area contributed by atoms with E-state index in [-0.39, 0.29) is 13.2 Å². The van der Waals surface area contributed by atoms with E-state index in [1.807, 2.05) is 35.4 Å². The Labute approximate surface area is 162 Å². The van der Waals surface area contributed by atoms with E-state index in [2.05, 4.69) is 10.3 Å². The van der Waals surface area contributed by atoms with Crippen molar-refractivity contribution >= 4 is 10.9 Å². The van der Waals surface area contributed by atoms with Crippen molar-refractivity contribution in [2.75, 3.05) is 39.3 Å². The van der Waals surface area contributed by atoms with E-state index >= 15 is 0 Å². The van der Waals surface area contributed by atoms with Crippen molar-refractivity contribution < 1.29 is 23.0 Å². The molecular formula is C20H28F3N3O2. The highest BCUT2D eigenvalue weighted by Gasteiger charge is 2.29. The van der Waals surface area contributed by atoms with Gasteiger partial charge in [-0.05, 0) is 62.7 Å². The summed E-state index contributed by atoms with van der Waals surface area (Å²) in [6.45, 7) is 2.90. The Kier molecular flexibility index (Phi) is 7.20. The molecule has 5 nitrogen and oxygen atoms in total. The number of fused-ring (bicyclic) bond motifs is 1. The van der Waals surface area contributed by atoms with E-state index in [1.165, 1.54) is 0 Å². The molecule has 2 heterocycles. The van der Waals surface area contributed by atoms with Crippen LogP contribution in [0.25, 0.3) is 10.9 Å². The van der Waals surface area contributed by atoms with E-state index in [0.717, 1.165) is 36.0 Å².